The number of ether oxygens (including phenoxy) is 1. The Morgan fingerprint density at radius 1 is 1.10 bits per heavy atom. The Labute approximate surface area is 182 Å². The van der Waals surface area contributed by atoms with Crippen molar-refractivity contribution in [2.75, 3.05) is 32.1 Å². The van der Waals surface area contributed by atoms with Crippen molar-refractivity contribution < 1.29 is 9.30 Å². The van der Waals surface area contributed by atoms with Gasteiger partial charge in [-0.15, -0.1) is 11.3 Å². The number of thiophene rings is 1. The predicted octanol–water partition coefficient (Wildman–Crippen LogP) is 5.49. The first-order valence-electron chi connectivity index (χ1n) is 10.3. The quantitative estimate of drug-likeness (QED) is 0.358. The molecule has 0 amide bonds. The predicted molar refractivity (Wildman–Crippen MR) is 128 cm³/mol. The summed E-state index contributed by atoms with van der Waals surface area (Å²) >= 11 is 1.67. The number of aryl methyl sites for hydroxylation is 2. The van der Waals surface area contributed by atoms with Crippen LogP contribution < -0.4 is 20.2 Å². The van der Waals surface area contributed by atoms with E-state index in [1.165, 1.54) is 0 Å². The molecule has 0 aliphatic heterocycles. The lowest BCUT2D eigenvalue weighted by molar-refractivity contribution is 0.415. The topological polar surface area (TPSA) is 75.3 Å². The van der Waals surface area contributed by atoms with Crippen molar-refractivity contribution in [3.05, 3.63) is 52.7 Å². The second kappa shape index (κ2) is 9.92. The maximum atomic E-state index is 14.0. The molecule has 1 aromatic carbocycles. The number of pyridine rings is 1. The number of nitrogens with zero attached hydrogens (tertiary/aromatic N) is 1. The molecule has 1 atom stereocenters. The van der Waals surface area contributed by atoms with Gasteiger partial charge in [0.2, 0.25) is 7.44 Å². The first-order chi connectivity index (χ1) is 14.4. The first kappa shape index (κ1) is 22.8. The minimum Gasteiger partial charge on any atom is -0.497 e. The Balaban J connectivity index is 1.99. The average molecular weight is 447 g/mol. The molecule has 0 aliphatic carbocycles. The van der Waals surface area contributed by atoms with Crippen LogP contribution >= 0.6 is 18.8 Å². The summed E-state index contributed by atoms with van der Waals surface area (Å²) in [6.45, 7) is 9.73. The van der Waals surface area contributed by atoms with Gasteiger partial charge >= 0.3 is 0 Å². The molecule has 6 nitrogen and oxygen atoms in total. The Hall–Kier alpha value is -1.92. The number of anilines is 1. The molecular weight excluding hydrogens is 415 g/mol. The van der Waals surface area contributed by atoms with Gasteiger partial charge in [-0.3, -0.25) is 19.7 Å². The molecule has 3 N–H and O–H groups in total. The zero-order chi connectivity index (χ0) is 21.7. The van der Waals surface area contributed by atoms with Gasteiger partial charge in [0.25, 0.3) is 0 Å². The SMILES string of the molecule is CCNP(=O)(NCC)C(CNc1ccc(C)nc1C)c1cc2ccc(OC)cc2s1. The number of nitrogens with one attached hydrogen (secondary N) is 3. The summed E-state index contributed by atoms with van der Waals surface area (Å²) in [4.78, 5) is 5.62. The van der Waals surface area contributed by atoms with Gasteiger partial charge in [0.1, 0.15) is 5.75 Å². The van der Waals surface area contributed by atoms with Crippen LogP contribution in [0.1, 0.15) is 35.8 Å². The van der Waals surface area contributed by atoms with Crippen molar-refractivity contribution in [1.29, 1.82) is 0 Å². The Morgan fingerprint density at radius 2 is 1.83 bits per heavy atom. The molecule has 8 heteroatoms. The molecule has 0 spiro atoms. The molecule has 0 radical (unpaired) electrons. The highest BCUT2D eigenvalue weighted by molar-refractivity contribution is 7.60. The highest BCUT2D eigenvalue weighted by Crippen LogP contribution is 2.54. The second-order valence-corrected chi connectivity index (χ2v) is 10.9. The van der Waals surface area contributed by atoms with Gasteiger partial charge in [-0.05, 0) is 68.7 Å². The molecule has 3 rings (SSSR count). The first-order valence-corrected chi connectivity index (χ1v) is 12.8. The van der Waals surface area contributed by atoms with E-state index < -0.39 is 7.44 Å². The summed E-state index contributed by atoms with van der Waals surface area (Å²) in [5, 5.41) is 11.1. The standard InChI is InChI=1S/C22H31N4O2PS/c1-6-24-29(27,25-7-2)20(14-23-19-11-8-15(3)26-16(19)4)22-12-17-9-10-18(28-5)13-21(17)30-22/h8-13,20,23H,6-7,14H2,1-5H3,(H2,24,25,27). The lowest BCUT2D eigenvalue weighted by Crippen LogP contribution is -2.29. The van der Waals surface area contributed by atoms with Crippen molar-refractivity contribution >= 4 is 34.6 Å². The van der Waals surface area contributed by atoms with Crippen LogP contribution in [0.25, 0.3) is 10.1 Å². The number of aromatic nitrogens is 1. The van der Waals surface area contributed by atoms with Crippen molar-refractivity contribution in [1.82, 2.24) is 15.2 Å². The summed E-state index contributed by atoms with van der Waals surface area (Å²) in [6, 6.07) is 12.2. The van der Waals surface area contributed by atoms with E-state index in [1.54, 1.807) is 18.4 Å². The fraction of sp³-hybridized carbons (Fsp3) is 0.409. The van der Waals surface area contributed by atoms with Gasteiger partial charge in [0.15, 0.2) is 0 Å². The minimum atomic E-state index is -2.89. The fourth-order valence-electron chi connectivity index (χ4n) is 3.56. The molecule has 0 aliphatic rings. The minimum absolute atomic E-state index is 0.221. The zero-order valence-corrected chi connectivity index (χ0v) is 20.0. The van der Waals surface area contributed by atoms with E-state index >= 15 is 0 Å². The summed E-state index contributed by atoms with van der Waals surface area (Å²) in [7, 11) is -1.22. The van der Waals surface area contributed by atoms with Crippen LogP contribution in [0, 0.1) is 13.8 Å². The summed E-state index contributed by atoms with van der Waals surface area (Å²) in [6.07, 6.45) is 0. The van der Waals surface area contributed by atoms with Gasteiger partial charge in [0.05, 0.1) is 24.2 Å². The maximum absolute atomic E-state index is 14.0. The van der Waals surface area contributed by atoms with E-state index in [9.17, 15) is 4.57 Å². The Bertz CT molecular complexity index is 1040. The Kier molecular flexibility index (Phi) is 7.53. The van der Waals surface area contributed by atoms with Crippen molar-refractivity contribution in [3.63, 3.8) is 0 Å². The summed E-state index contributed by atoms with van der Waals surface area (Å²) < 4.78 is 20.5. The van der Waals surface area contributed by atoms with Crippen LogP contribution in [0.2, 0.25) is 0 Å². The van der Waals surface area contributed by atoms with E-state index in [0.717, 1.165) is 37.8 Å². The highest BCUT2D eigenvalue weighted by Gasteiger charge is 2.34. The van der Waals surface area contributed by atoms with Gasteiger partial charge < -0.3 is 10.1 Å². The van der Waals surface area contributed by atoms with Gasteiger partial charge in [-0.1, -0.05) is 13.8 Å². The number of hydrogen-bond donors (Lipinski definition) is 3. The number of rotatable bonds is 10. The van der Waals surface area contributed by atoms with Crippen molar-refractivity contribution in [3.8, 4) is 5.75 Å². The Morgan fingerprint density at radius 3 is 2.47 bits per heavy atom. The fourth-order valence-corrected chi connectivity index (χ4v) is 7.51. The average Bonchev–Trinajstić information content (AvgIpc) is 3.12. The number of fused-ring (bicyclic) bond motifs is 1. The molecule has 0 fully saturated rings. The van der Waals surface area contributed by atoms with Crippen LogP contribution in [0.4, 0.5) is 5.69 Å². The molecule has 0 saturated carbocycles. The van der Waals surface area contributed by atoms with Crippen molar-refractivity contribution in [2.24, 2.45) is 0 Å². The van der Waals surface area contributed by atoms with Crippen LogP contribution in [0.15, 0.2) is 36.4 Å². The van der Waals surface area contributed by atoms with Crippen LogP contribution in [-0.2, 0) is 4.57 Å². The van der Waals surface area contributed by atoms with E-state index in [2.05, 4.69) is 32.6 Å². The van der Waals surface area contributed by atoms with Crippen LogP contribution in [0.5, 0.6) is 5.75 Å². The third kappa shape index (κ3) is 5.03. The van der Waals surface area contributed by atoms with E-state index in [4.69, 9.17) is 4.74 Å². The smallest absolute Gasteiger partial charge is 0.221 e. The molecule has 1 unspecified atom stereocenters. The second-order valence-electron chi connectivity index (χ2n) is 7.22. The van der Waals surface area contributed by atoms with Crippen molar-refractivity contribution in [2.45, 2.75) is 33.4 Å². The molecule has 2 heterocycles. The van der Waals surface area contributed by atoms with Gasteiger partial charge in [-0.25, -0.2) is 0 Å². The van der Waals surface area contributed by atoms with E-state index in [-0.39, 0.29) is 5.66 Å². The van der Waals surface area contributed by atoms with Gasteiger partial charge in [0, 0.05) is 21.8 Å². The lowest BCUT2D eigenvalue weighted by Gasteiger charge is -2.28. The highest BCUT2D eigenvalue weighted by atomic mass is 32.1. The molecular formula is C22H31N4O2PS. The lowest BCUT2D eigenvalue weighted by atomic mass is 10.2. The molecule has 3 aromatic rings. The summed E-state index contributed by atoms with van der Waals surface area (Å²) in [5.41, 5.74) is 2.67. The monoisotopic (exact) mass is 446 g/mol. The third-order valence-electron chi connectivity index (χ3n) is 5.01. The molecule has 30 heavy (non-hydrogen) atoms. The van der Waals surface area contributed by atoms with E-state index in [1.807, 2.05) is 52.0 Å². The molecule has 162 valence electrons. The summed E-state index contributed by atoms with van der Waals surface area (Å²) in [5.74, 6) is 0.827. The number of methoxy groups -OCH3 is 1. The van der Waals surface area contributed by atoms with Gasteiger partial charge in [-0.2, -0.15) is 0 Å². The number of hydrogen-bond acceptors (Lipinski definition) is 5. The normalized spacial score (nSPS) is 12.8. The maximum Gasteiger partial charge on any atom is 0.221 e. The molecule has 0 saturated heterocycles. The molecule has 0 bridgehead atoms. The zero-order valence-electron chi connectivity index (χ0n) is 18.3. The molecule has 2 aromatic heterocycles. The van der Waals surface area contributed by atoms with Crippen LogP contribution in [-0.4, -0.2) is 31.7 Å². The third-order valence-corrected chi connectivity index (χ3v) is 9.31. The largest absolute Gasteiger partial charge is 0.497 e. The van der Waals surface area contributed by atoms with Crippen LogP contribution in [0.3, 0.4) is 0 Å². The number of benzene rings is 1. The van der Waals surface area contributed by atoms with E-state index in [0.29, 0.717) is 19.6 Å².